The Bertz CT molecular complexity index is 438. The smallest absolute Gasteiger partial charge is 0.450 e. The molecule has 0 spiro atoms. The number of aryl methyl sites for hydroxylation is 1. The molecule has 2 nitrogen and oxygen atoms in total. The van der Waals surface area contributed by atoms with Crippen molar-refractivity contribution in [1.82, 2.24) is 0 Å². The average molecular weight is 250 g/mol. The summed E-state index contributed by atoms with van der Waals surface area (Å²) in [6, 6.07) is 2.14. The second kappa shape index (κ2) is 4.73. The number of hydrogen-bond acceptors (Lipinski definition) is 2. The van der Waals surface area contributed by atoms with Gasteiger partial charge >= 0.3 is 6.18 Å². The number of methoxy groups -OCH3 is 1. The molecular formula is C11H10F4O2. The van der Waals surface area contributed by atoms with Crippen LogP contribution in [0.1, 0.15) is 11.1 Å². The van der Waals surface area contributed by atoms with Crippen LogP contribution in [0.5, 0.6) is 5.75 Å². The predicted molar refractivity (Wildman–Crippen MR) is 52.5 cm³/mol. The Labute approximate surface area is 95.2 Å². The van der Waals surface area contributed by atoms with Crippen LogP contribution in [0.2, 0.25) is 0 Å². The third-order valence-corrected chi connectivity index (χ3v) is 2.23. The van der Waals surface area contributed by atoms with Gasteiger partial charge in [-0.05, 0) is 24.6 Å². The van der Waals surface area contributed by atoms with Gasteiger partial charge in [0.15, 0.2) is 0 Å². The Kier molecular flexibility index (Phi) is 3.75. The Morgan fingerprint density at radius 3 is 2.41 bits per heavy atom. The number of alkyl halides is 3. The van der Waals surface area contributed by atoms with E-state index in [1.54, 1.807) is 0 Å². The van der Waals surface area contributed by atoms with Crippen molar-refractivity contribution in [2.45, 2.75) is 19.5 Å². The first-order chi connectivity index (χ1) is 7.75. The second-order valence-corrected chi connectivity index (χ2v) is 3.51. The van der Waals surface area contributed by atoms with E-state index in [9.17, 15) is 22.4 Å². The molecule has 6 heteroatoms. The third kappa shape index (κ3) is 3.18. The third-order valence-electron chi connectivity index (χ3n) is 2.23. The number of ketones is 1. The van der Waals surface area contributed by atoms with E-state index in [2.05, 4.69) is 0 Å². The lowest BCUT2D eigenvalue weighted by molar-refractivity contribution is -0.170. The first-order valence-electron chi connectivity index (χ1n) is 4.68. The van der Waals surface area contributed by atoms with Crippen LogP contribution in [0.3, 0.4) is 0 Å². The van der Waals surface area contributed by atoms with Crippen molar-refractivity contribution in [2.75, 3.05) is 7.11 Å². The van der Waals surface area contributed by atoms with E-state index in [1.807, 2.05) is 0 Å². The maximum Gasteiger partial charge on any atom is 0.450 e. The molecule has 0 bridgehead atoms. The molecule has 94 valence electrons. The molecule has 0 aliphatic rings. The van der Waals surface area contributed by atoms with E-state index in [1.165, 1.54) is 20.1 Å². The van der Waals surface area contributed by atoms with Crippen molar-refractivity contribution in [3.8, 4) is 5.75 Å². The summed E-state index contributed by atoms with van der Waals surface area (Å²) in [5.74, 6) is -2.53. The summed E-state index contributed by atoms with van der Waals surface area (Å²) in [5, 5.41) is 0. The van der Waals surface area contributed by atoms with Crippen molar-refractivity contribution in [2.24, 2.45) is 0 Å². The number of halogens is 4. The van der Waals surface area contributed by atoms with Crippen LogP contribution in [0.25, 0.3) is 0 Å². The SMILES string of the molecule is COc1cc(C)c(F)cc1CC(=O)C(F)(F)F. The Balaban J connectivity index is 3.06. The Morgan fingerprint density at radius 1 is 1.35 bits per heavy atom. The monoisotopic (exact) mass is 250 g/mol. The summed E-state index contributed by atoms with van der Waals surface area (Å²) < 4.78 is 54.2. The minimum absolute atomic E-state index is 0.0708. The lowest BCUT2D eigenvalue weighted by Crippen LogP contribution is -2.24. The molecule has 0 N–H and O–H groups in total. The second-order valence-electron chi connectivity index (χ2n) is 3.51. The topological polar surface area (TPSA) is 26.3 Å². The molecule has 0 aliphatic carbocycles. The van der Waals surface area contributed by atoms with Gasteiger partial charge in [0.1, 0.15) is 11.6 Å². The van der Waals surface area contributed by atoms with Crippen LogP contribution >= 0.6 is 0 Å². The molecule has 0 aromatic heterocycles. The molecule has 0 aliphatic heterocycles. The maximum absolute atomic E-state index is 13.2. The maximum atomic E-state index is 13.2. The van der Waals surface area contributed by atoms with Gasteiger partial charge in [0, 0.05) is 12.0 Å². The zero-order valence-corrected chi connectivity index (χ0v) is 9.19. The Hall–Kier alpha value is -1.59. The van der Waals surface area contributed by atoms with E-state index in [0.717, 1.165) is 6.07 Å². The Morgan fingerprint density at radius 2 is 1.94 bits per heavy atom. The predicted octanol–water partition coefficient (Wildman–Crippen LogP) is 2.82. The summed E-state index contributed by atoms with van der Waals surface area (Å²) in [5.41, 5.74) is 0.128. The highest BCUT2D eigenvalue weighted by atomic mass is 19.4. The average Bonchev–Trinajstić information content (AvgIpc) is 2.21. The number of rotatable bonds is 3. The van der Waals surface area contributed by atoms with Crippen LogP contribution in [-0.2, 0) is 11.2 Å². The van der Waals surface area contributed by atoms with E-state index < -0.39 is 24.2 Å². The van der Waals surface area contributed by atoms with Gasteiger partial charge < -0.3 is 4.74 Å². The summed E-state index contributed by atoms with van der Waals surface area (Å²) in [6.45, 7) is 1.45. The van der Waals surface area contributed by atoms with Gasteiger partial charge in [0.25, 0.3) is 0 Å². The molecular weight excluding hydrogens is 240 g/mol. The van der Waals surface area contributed by atoms with E-state index in [-0.39, 0.29) is 16.9 Å². The lowest BCUT2D eigenvalue weighted by Gasteiger charge is -2.11. The van der Waals surface area contributed by atoms with Crippen molar-refractivity contribution in [3.05, 3.63) is 29.1 Å². The zero-order chi connectivity index (χ0) is 13.2. The molecule has 0 amide bonds. The minimum Gasteiger partial charge on any atom is -0.496 e. The van der Waals surface area contributed by atoms with Crippen LogP contribution in [0.15, 0.2) is 12.1 Å². The van der Waals surface area contributed by atoms with Crippen LogP contribution in [0, 0.1) is 12.7 Å². The fourth-order valence-electron chi connectivity index (χ4n) is 1.30. The number of benzene rings is 1. The molecule has 0 radical (unpaired) electrons. The molecule has 1 aromatic rings. The van der Waals surface area contributed by atoms with Gasteiger partial charge in [0.2, 0.25) is 5.78 Å². The molecule has 17 heavy (non-hydrogen) atoms. The molecule has 0 unspecified atom stereocenters. The van der Waals surface area contributed by atoms with E-state index in [0.29, 0.717) is 0 Å². The highest BCUT2D eigenvalue weighted by Gasteiger charge is 2.38. The highest BCUT2D eigenvalue weighted by Crippen LogP contribution is 2.26. The number of hydrogen-bond donors (Lipinski definition) is 0. The first-order valence-corrected chi connectivity index (χ1v) is 4.68. The van der Waals surface area contributed by atoms with Gasteiger partial charge in [-0.2, -0.15) is 13.2 Å². The molecule has 0 saturated carbocycles. The molecule has 0 fully saturated rings. The summed E-state index contributed by atoms with van der Waals surface area (Å²) in [7, 11) is 1.24. The zero-order valence-electron chi connectivity index (χ0n) is 9.19. The number of carbonyl (C=O) groups is 1. The molecule has 0 heterocycles. The highest BCUT2D eigenvalue weighted by molar-refractivity contribution is 5.86. The van der Waals surface area contributed by atoms with Gasteiger partial charge in [-0.15, -0.1) is 0 Å². The van der Waals surface area contributed by atoms with Crippen molar-refractivity contribution < 1.29 is 27.1 Å². The molecule has 1 aromatic carbocycles. The summed E-state index contributed by atoms with van der Waals surface area (Å²) in [4.78, 5) is 10.8. The quantitative estimate of drug-likeness (QED) is 0.771. The number of carbonyl (C=O) groups excluding carboxylic acids is 1. The minimum atomic E-state index is -4.92. The van der Waals surface area contributed by atoms with Crippen molar-refractivity contribution in [1.29, 1.82) is 0 Å². The molecule has 0 saturated heterocycles. The van der Waals surface area contributed by atoms with E-state index in [4.69, 9.17) is 4.74 Å². The number of ether oxygens (including phenoxy) is 1. The van der Waals surface area contributed by atoms with Gasteiger partial charge in [-0.3, -0.25) is 4.79 Å². The van der Waals surface area contributed by atoms with Crippen molar-refractivity contribution >= 4 is 5.78 Å². The van der Waals surface area contributed by atoms with Crippen LogP contribution in [0.4, 0.5) is 17.6 Å². The lowest BCUT2D eigenvalue weighted by atomic mass is 10.0. The fraction of sp³-hybridized carbons (Fsp3) is 0.364. The fourth-order valence-corrected chi connectivity index (χ4v) is 1.30. The largest absolute Gasteiger partial charge is 0.496 e. The van der Waals surface area contributed by atoms with Gasteiger partial charge in [-0.25, -0.2) is 4.39 Å². The first kappa shape index (κ1) is 13.5. The summed E-state index contributed by atoms with van der Waals surface area (Å²) in [6.07, 6.45) is -5.85. The molecule has 1 rings (SSSR count). The van der Waals surface area contributed by atoms with Crippen LogP contribution in [-0.4, -0.2) is 19.1 Å². The van der Waals surface area contributed by atoms with Crippen LogP contribution < -0.4 is 4.74 Å². The normalized spacial score (nSPS) is 11.4. The van der Waals surface area contributed by atoms with Gasteiger partial charge in [-0.1, -0.05) is 0 Å². The summed E-state index contributed by atoms with van der Waals surface area (Å²) >= 11 is 0. The van der Waals surface area contributed by atoms with Gasteiger partial charge in [0.05, 0.1) is 7.11 Å². The van der Waals surface area contributed by atoms with Crippen molar-refractivity contribution in [3.63, 3.8) is 0 Å². The number of Topliss-reactive ketones (excluding diaryl/α,β-unsaturated/α-hetero) is 1. The molecule has 0 atom stereocenters. The van der Waals surface area contributed by atoms with E-state index >= 15 is 0 Å². The standard InChI is InChI=1S/C11H10F4O2/c1-6-3-9(17-2)7(4-8(6)12)5-10(16)11(13,14)15/h3-4H,5H2,1-2H3.